The number of aromatic nitrogens is 1. The Balaban J connectivity index is 2.74. The van der Waals surface area contributed by atoms with Gasteiger partial charge in [0.05, 0.1) is 6.61 Å². The van der Waals surface area contributed by atoms with Crippen LogP contribution in [0.5, 0.6) is 0 Å². The van der Waals surface area contributed by atoms with E-state index in [2.05, 4.69) is 32.7 Å². The molecule has 0 fully saturated rings. The minimum Gasteiger partial charge on any atom is -0.383 e. The van der Waals surface area contributed by atoms with Crippen molar-refractivity contribution in [2.45, 2.75) is 6.92 Å². The Morgan fingerprint density at radius 1 is 1.47 bits per heavy atom. The number of aryl methyl sites for hydroxylation is 1. The molecular formula is C11H17BrN2O. The molecular weight excluding hydrogens is 256 g/mol. The van der Waals surface area contributed by atoms with E-state index in [0.29, 0.717) is 0 Å². The molecule has 15 heavy (non-hydrogen) atoms. The molecule has 0 N–H and O–H groups in total. The van der Waals surface area contributed by atoms with E-state index in [1.807, 2.05) is 18.5 Å². The quantitative estimate of drug-likeness (QED) is 0.743. The molecule has 0 aromatic carbocycles. The van der Waals surface area contributed by atoms with Crippen LogP contribution in [0, 0.1) is 6.92 Å². The third-order valence-corrected chi connectivity index (χ3v) is 2.61. The fraction of sp³-hybridized carbons (Fsp3) is 0.545. The summed E-state index contributed by atoms with van der Waals surface area (Å²) in [6.07, 6.45) is 3.72. The molecule has 0 atom stereocenters. The van der Waals surface area contributed by atoms with Gasteiger partial charge in [-0.15, -0.1) is 0 Å². The van der Waals surface area contributed by atoms with E-state index in [0.717, 1.165) is 25.0 Å². The van der Waals surface area contributed by atoms with Crippen LogP contribution in [0.1, 0.15) is 5.56 Å². The van der Waals surface area contributed by atoms with Crippen molar-refractivity contribution < 1.29 is 4.74 Å². The molecule has 0 unspecified atom stereocenters. The van der Waals surface area contributed by atoms with Gasteiger partial charge in [-0.05, 0) is 18.6 Å². The lowest BCUT2D eigenvalue weighted by Gasteiger charge is -2.25. The molecule has 0 radical (unpaired) electrons. The van der Waals surface area contributed by atoms with E-state index in [1.54, 1.807) is 7.11 Å². The number of halogens is 1. The molecule has 0 aliphatic rings. The Labute approximate surface area is 99.6 Å². The van der Waals surface area contributed by atoms with Gasteiger partial charge in [0.25, 0.3) is 0 Å². The van der Waals surface area contributed by atoms with Crippen LogP contribution in [0.3, 0.4) is 0 Å². The lowest BCUT2D eigenvalue weighted by atomic mass is 10.2. The first kappa shape index (κ1) is 12.5. The summed E-state index contributed by atoms with van der Waals surface area (Å²) in [4.78, 5) is 6.40. The third-order valence-electron chi connectivity index (χ3n) is 2.25. The molecule has 0 aliphatic heterocycles. The molecule has 0 spiro atoms. The topological polar surface area (TPSA) is 25.4 Å². The van der Waals surface area contributed by atoms with Crippen molar-refractivity contribution in [2.24, 2.45) is 0 Å². The highest BCUT2D eigenvalue weighted by Gasteiger charge is 2.07. The lowest BCUT2D eigenvalue weighted by molar-refractivity contribution is 0.205. The number of nitrogens with zero attached hydrogens (tertiary/aromatic N) is 2. The van der Waals surface area contributed by atoms with Gasteiger partial charge in [0.1, 0.15) is 0 Å². The molecule has 0 aliphatic carbocycles. The van der Waals surface area contributed by atoms with Crippen LogP contribution in [0.15, 0.2) is 18.5 Å². The number of rotatable bonds is 6. The Kier molecular flexibility index (Phi) is 5.65. The highest BCUT2D eigenvalue weighted by molar-refractivity contribution is 9.09. The van der Waals surface area contributed by atoms with Crippen LogP contribution in [-0.2, 0) is 4.74 Å². The summed E-state index contributed by atoms with van der Waals surface area (Å²) in [5, 5.41) is 0.957. The minimum absolute atomic E-state index is 0.745. The van der Waals surface area contributed by atoms with Crippen LogP contribution in [0.4, 0.5) is 5.69 Å². The van der Waals surface area contributed by atoms with Gasteiger partial charge >= 0.3 is 0 Å². The third kappa shape index (κ3) is 3.80. The fourth-order valence-corrected chi connectivity index (χ4v) is 1.91. The summed E-state index contributed by atoms with van der Waals surface area (Å²) < 4.78 is 5.11. The number of hydrogen-bond acceptors (Lipinski definition) is 3. The lowest BCUT2D eigenvalue weighted by Crippen LogP contribution is -2.29. The van der Waals surface area contributed by atoms with E-state index in [-0.39, 0.29) is 0 Å². The number of alkyl halides is 1. The van der Waals surface area contributed by atoms with Crippen LogP contribution < -0.4 is 4.90 Å². The number of pyridine rings is 1. The van der Waals surface area contributed by atoms with Crippen LogP contribution in [-0.4, -0.2) is 37.1 Å². The summed E-state index contributed by atoms with van der Waals surface area (Å²) in [5.41, 5.74) is 2.44. The first-order valence-corrected chi connectivity index (χ1v) is 6.12. The second kappa shape index (κ2) is 6.80. The van der Waals surface area contributed by atoms with Gasteiger partial charge in [-0.2, -0.15) is 0 Å². The Hall–Kier alpha value is -0.610. The van der Waals surface area contributed by atoms with Crippen molar-refractivity contribution in [2.75, 3.05) is 37.0 Å². The van der Waals surface area contributed by atoms with Crippen molar-refractivity contribution in [3.05, 3.63) is 24.0 Å². The van der Waals surface area contributed by atoms with Crippen molar-refractivity contribution in [1.29, 1.82) is 0 Å². The van der Waals surface area contributed by atoms with Gasteiger partial charge in [0.2, 0.25) is 0 Å². The Morgan fingerprint density at radius 2 is 2.27 bits per heavy atom. The number of methoxy groups -OCH3 is 1. The zero-order chi connectivity index (χ0) is 11.1. The maximum Gasteiger partial charge on any atom is 0.0637 e. The van der Waals surface area contributed by atoms with Gasteiger partial charge in [0.15, 0.2) is 0 Å². The Morgan fingerprint density at radius 3 is 2.87 bits per heavy atom. The van der Waals surface area contributed by atoms with Crippen LogP contribution in [0.25, 0.3) is 0 Å². The molecule has 4 heteroatoms. The number of ether oxygens (including phenoxy) is 1. The molecule has 1 aromatic heterocycles. The number of anilines is 1. The van der Waals surface area contributed by atoms with E-state index in [9.17, 15) is 0 Å². The molecule has 0 saturated heterocycles. The summed E-state index contributed by atoms with van der Waals surface area (Å²) >= 11 is 3.47. The van der Waals surface area contributed by atoms with Crippen molar-refractivity contribution in [1.82, 2.24) is 4.98 Å². The van der Waals surface area contributed by atoms with Gasteiger partial charge in [-0.25, -0.2) is 0 Å². The predicted octanol–water partition coefficient (Wildman–Crippen LogP) is 2.24. The summed E-state index contributed by atoms with van der Waals surface area (Å²) in [7, 11) is 1.73. The van der Waals surface area contributed by atoms with Crippen molar-refractivity contribution >= 4 is 21.6 Å². The zero-order valence-electron chi connectivity index (χ0n) is 9.24. The molecule has 1 rings (SSSR count). The van der Waals surface area contributed by atoms with Gasteiger partial charge < -0.3 is 9.64 Å². The van der Waals surface area contributed by atoms with Crippen LogP contribution in [0.2, 0.25) is 0 Å². The van der Waals surface area contributed by atoms with Crippen LogP contribution >= 0.6 is 15.9 Å². The Bertz CT molecular complexity index is 294. The second-order valence-electron chi connectivity index (χ2n) is 3.33. The van der Waals surface area contributed by atoms with Gasteiger partial charge in [-0.1, -0.05) is 15.9 Å². The largest absolute Gasteiger partial charge is 0.383 e. The summed E-state index contributed by atoms with van der Waals surface area (Å²) in [5.74, 6) is 0. The van der Waals surface area contributed by atoms with E-state index >= 15 is 0 Å². The molecule has 1 heterocycles. The predicted molar refractivity (Wildman–Crippen MR) is 66.9 cm³/mol. The molecule has 0 saturated carbocycles. The highest BCUT2D eigenvalue weighted by atomic mass is 79.9. The summed E-state index contributed by atoms with van der Waals surface area (Å²) in [6.45, 7) is 4.71. The normalized spacial score (nSPS) is 10.3. The van der Waals surface area contributed by atoms with E-state index in [1.165, 1.54) is 11.3 Å². The highest BCUT2D eigenvalue weighted by Crippen LogP contribution is 2.17. The maximum absolute atomic E-state index is 5.11. The molecule has 84 valence electrons. The molecule has 0 bridgehead atoms. The zero-order valence-corrected chi connectivity index (χ0v) is 10.8. The average molecular weight is 273 g/mol. The van der Waals surface area contributed by atoms with Crippen molar-refractivity contribution in [3.63, 3.8) is 0 Å². The maximum atomic E-state index is 5.11. The monoisotopic (exact) mass is 272 g/mol. The van der Waals surface area contributed by atoms with E-state index in [4.69, 9.17) is 4.74 Å². The molecule has 0 amide bonds. The average Bonchev–Trinajstić information content (AvgIpc) is 2.25. The standard InChI is InChI=1S/C11H17BrN2O/c1-10-9-13-5-3-11(10)14(6-4-12)7-8-15-2/h3,5,9H,4,6-8H2,1-2H3. The molecule has 3 nitrogen and oxygen atoms in total. The van der Waals surface area contributed by atoms with E-state index < -0.39 is 0 Å². The van der Waals surface area contributed by atoms with Gasteiger partial charge in [-0.3, -0.25) is 4.98 Å². The minimum atomic E-state index is 0.745. The smallest absolute Gasteiger partial charge is 0.0637 e. The second-order valence-corrected chi connectivity index (χ2v) is 4.12. The summed E-state index contributed by atoms with van der Waals surface area (Å²) in [6, 6.07) is 2.05. The first-order valence-electron chi connectivity index (χ1n) is 5.00. The fourth-order valence-electron chi connectivity index (χ4n) is 1.48. The number of hydrogen-bond donors (Lipinski definition) is 0. The van der Waals surface area contributed by atoms with Gasteiger partial charge in [0, 0.05) is 43.6 Å². The first-order chi connectivity index (χ1) is 7.29. The SMILES string of the molecule is COCCN(CCBr)c1ccncc1C. The van der Waals surface area contributed by atoms with Crippen molar-refractivity contribution in [3.8, 4) is 0 Å². The molecule has 1 aromatic rings.